The molecule has 9 nitrogen and oxygen atoms in total. The number of ether oxygens (including phenoxy) is 1. The minimum absolute atomic E-state index is 0.0728. The first kappa shape index (κ1) is 21.2. The molecule has 0 saturated carbocycles. The predicted octanol–water partition coefficient (Wildman–Crippen LogP) is 1.59. The fourth-order valence-electron chi connectivity index (χ4n) is 3.24. The third-order valence-electron chi connectivity index (χ3n) is 4.48. The van der Waals surface area contributed by atoms with E-state index in [0.29, 0.717) is 11.5 Å². The quantitative estimate of drug-likeness (QED) is 0.785. The summed E-state index contributed by atoms with van der Waals surface area (Å²) in [4.78, 5) is 22.6. The summed E-state index contributed by atoms with van der Waals surface area (Å²) in [6, 6.07) is 6.00. The number of carbonyl (C=O) groups is 1. The van der Waals surface area contributed by atoms with E-state index in [1.54, 1.807) is 31.1 Å². The van der Waals surface area contributed by atoms with Gasteiger partial charge in [-0.15, -0.1) is 0 Å². The number of rotatable bonds is 5. The number of anilines is 2. The lowest BCUT2D eigenvalue weighted by Gasteiger charge is -2.34. The van der Waals surface area contributed by atoms with Crippen molar-refractivity contribution in [2.75, 3.05) is 37.4 Å². The molecule has 2 aromatic rings. The molecule has 1 fully saturated rings. The van der Waals surface area contributed by atoms with Crippen molar-refractivity contribution in [3.63, 3.8) is 0 Å². The first-order chi connectivity index (χ1) is 13.7. The van der Waals surface area contributed by atoms with Crippen molar-refractivity contribution >= 4 is 27.4 Å². The Morgan fingerprint density at radius 3 is 2.59 bits per heavy atom. The van der Waals surface area contributed by atoms with Crippen LogP contribution in [-0.2, 0) is 14.8 Å². The van der Waals surface area contributed by atoms with Gasteiger partial charge < -0.3 is 15.0 Å². The van der Waals surface area contributed by atoms with Crippen molar-refractivity contribution in [2.24, 2.45) is 0 Å². The Hall–Kier alpha value is -2.56. The van der Waals surface area contributed by atoms with Gasteiger partial charge in [0.1, 0.15) is 12.0 Å². The number of carbonyl (C=O) groups excluding carboxylic acids is 1. The number of morpholine rings is 1. The molecule has 1 aromatic heterocycles. The highest BCUT2D eigenvalue weighted by Crippen LogP contribution is 2.23. The van der Waals surface area contributed by atoms with Gasteiger partial charge in [-0.3, -0.25) is 4.79 Å². The topological polar surface area (TPSA) is 105 Å². The molecule has 2 heterocycles. The molecule has 1 N–H and O–H groups in total. The number of nitrogens with zero attached hydrogens (tertiary/aromatic N) is 4. The second-order valence-electron chi connectivity index (χ2n) is 7.22. The molecule has 0 unspecified atom stereocenters. The van der Waals surface area contributed by atoms with E-state index in [9.17, 15) is 13.2 Å². The largest absolute Gasteiger partial charge is 0.373 e. The minimum atomic E-state index is -3.74. The van der Waals surface area contributed by atoms with Gasteiger partial charge in [0.15, 0.2) is 5.82 Å². The number of sulfonamides is 1. The van der Waals surface area contributed by atoms with E-state index in [1.165, 1.54) is 29.0 Å². The predicted molar refractivity (Wildman–Crippen MR) is 110 cm³/mol. The van der Waals surface area contributed by atoms with Gasteiger partial charge in [-0.2, -0.15) is 4.31 Å². The van der Waals surface area contributed by atoms with Gasteiger partial charge in [-0.05, 0) is 32.0 Å². The molecule has 1 aromatic carbocycles. The van der Waals surface area contributed by atoms with Crippen molar-refractivity contribution in [2.45, 2.75) is 31.0 Å². The van der Waals surface area contributed by atoms with Crippen LogP contribution in [0.5, 0.6) is 0 Å². The maximum atomic E-state index is 13.1. The Morgan fingerprint density at radius 2 is 1.93 bits per heavy atom. The zero-order valence-electron chi connectivity index (χ0n) is 16.9. The van der Waals surface area contributed by atoms with Crippen molar-refractivity contribution < 1.29 is 17.9 Å². The fraction of sp³-hybridized carbons (Fsp3) is 0.421. The van der Waals surface area contributed by atoms with Crippen LogP contribution in [0, 0.1) is 0 Å². The maximum Gasteiger partial charge on any atom is 0.255 e. The van der Waals surface area contributed by atoms with Crippen molar-refractivity contribution in [3.05, 3.63) is 42.4 Å². The minimum Gasteiger partial charge on any atom is -0.373 e. The summed E-state index contributed by atoms with van der Waals surface area (Å²) in [7, 11) is -0.136. The lowest BCUT2D eigenvalue weighted by atomic mass is 10.2. The number of benzene rings is 1. The van der Waals surface area contributed by atoms with Gasteiger partial charge in [0.25, 0.3) is 5.91 Å². The average molecular weight is 420 g/mol. The summed E-state index contributed by atoms with van der Waals surface area (Å²) >= 11 is 0. The zero-order valence-corrected chi connectivity index (χ0v) is 17.7. The van der Waals surface area contributed by atoms with E-state index in [4.69, 9.17) is 4.74 Å². The van der Waals surface area contributed by atoms with Gasteiger partial charge in [0, 0.05) is 32.7 Å². The molecule has 10 heteroatoms. The number of hydrogen-bond acceptors (Lipinski definition) is 7. The molecule has 0 spiro atoms. The Balaban J connectivity index is 1.85. The van der Waals surface area contributed by atoms with Crippen LogP contribution in [0.25, 0.3) is 0 Å². The summed E-state index contributed by atoms with van der Waals surface area (Å²) in [6.07, 6.45) is 2.50. The van der Waals surface area contributed by atoms with Crippen LogP contribution in [-0.4, -0.2) is 68.0 Å². The molecule has 2 atom stereocenters. The highest BCUT2D eigenvalue weighted by Gasteiger charge is 2.32. The first-order valence-corrected chi connectivity index (χ1v) is 10.7. The Labute approximate surface area is 170 Å². The lowest BCUT2D eigenvalue weighted by molar-refractivity contribution is -0.0440. The SMILES string of the molecule is C[C@@H]1CN(S(=O)(=O)c2cccc(C(=O)Nc3cncnc3N(C)C)c2)C[C@H](C)O1. The van der Waals surface area contributed by atoms with Crippen LogP contribution >= 0.6 is 0 Å². The van der Waals surface area contributed by atoms with Gasteiger partial charge in [0.05, 0.1) is 23.3 Å². The van der Waals surface area contributed by atoms with Crippen molar-refractivity contribution in [1.82, 2.24) is 14.3 Å². The molecule has 29 heavy (non-hydrogen) atoms. The maximum absolute atomic E-state index is 13.1. The average Bonchev–Trinajstić information content (AvgIpc) is 2.67. The van der Waals surface area contributed by atoms with E-state index < -0.39 is 15.9 Å². The lowest BCUT2D eigenvalue weighted by Crippen LogP contribution is -2.48. The second kappa shape index (κ2) is 8.44. The van der Waals surface area contributed by atoms with Crippen LogP contribution in [0.15, 0.2) is 41.7 Å². The Morgan fingerprint density at radius 1 is 1.24 bits per heavy atom. The van der Waals surface area contributed by atoms with Crippen molar-refractivity contribution in [3.8, 4) is 0 Å². The Bertz CT molecular complexity index is 986. The van der Waals surface area contributed by atoms with E-state index in [-0.39, 0.29) is 35.8 Å². The Kier molecular flexibility index (Phi) is 6.15. The molecule has 0 aliphatic carbocycles. The molecule has 1 saturated heterocycles. The third kappa shape index (κ3) is 4.72. The molecule has 3 rings (SSSR count). The summed E-state index contributed by atoms with van der Waals surface area (Å²) in [6.45, 7) is 4.23. The number of amides is 1. The monoisotopic (exact) mass is 419 g/mol. The van der Waals surface area contributed by atoms with Crippen molar-refractivity contribution in [1.29, 1.82) is 0 Å². The molecule has 156 valence electrons. The summed E-state index contributed by atoms with van der Waals surface area (Å²) < 4.78 is 33.2. The van der Waals surface area contributed by atoms with E-state index in [2.05, 4.69) is 15.3 Å². The number of hydrogen-bond donors (Lipinski definition) is 1. The molecule has 0 radical (unpaired) electrons. The van der Waals surface area contributed by atoms with Crippen LogP contribution < -0.4 is 10.2 Å². The highest BCUT2D eigenvalue weighted by molar-refractivity contribution is 7.89. The highest BCUT2D eigenvalue weighted by atomic mass is 32.2. The van der Waals surface area contributed by atoms with Gasteiger partial charge in [-0.25, -0.2) is 18.4 Å². The normalized spacial score (nSPS) is 20.3. The second-order valence-corrected chi connectivity index (χ2v) is 9.15. The van der Waals surface area contributed by atoms with Gasteiger partial charge >= 0.3 is 0 Å². The summed E-state index contributed by atoms with van der Waals surface area (Å²) in [5, 5.41) is 2.75. The van der Waals surface area contributed by atoms with Gasteiger partial charge in [-0.1, -0.05) is 6.07 Å². The summed E-state index contributed by atoms with van der Waals surface area (Å²) in [5.41, 5.74) is 0.667. The van der Waals surface area contributed by atoms with Crippen LogP contribution in [0.3, 0.4) is 0 Å². The first-order valence-electron chi connectivity index (χ1n) is 9.23. The standard InChI is InChI=1S/C19H25N5O4S/c1-13-10-24(11-14(2)28-13)29(26,27)16-7-5-6-15(8-16)19(25)22-17-9-20-12-21-18(17)23(3)4/h5-9,12-14H,10-11H2,1-4H3,(H,22,25)/t13-,14+. The van der Waals surface area contributed by atoms with Crippen LogP contribution in [0.4, 0.5) is 11.5 Å². The van der Waals surface area contributed by atoms with Crippen LogP contribution in [0.1, 0.15) is 24.2 Å². The molecule has 1 aliphatic rings. The van der Waals surface area contributed by atoms with Gasteiger partial charge in [0.2, 0.25) is 10.0 Å². The van der Waals surface area contributed by atoms with E-state index in [1.807, 2.05) is 13.8 Å². The summed E-state index contributed by atoms with van der Waals surface area (Å²) in [5.74, 6) is 0.108. The molecule has 1 aliphatic heterocycles. The molecule has 1 amide bonds. The third-order valence-corrected chi connectivity index (χ3v) is 6.31. The van der Waals surface area contributed by atoms with E-state index in [0.717, 1.165) is 0 Å². The number of nitrogens with one attached hydrogen (secondary N) is 1. The molecular formula is C19H25N5O4S. The van der Waals surface area contributed by atoms with Crippen LogP contribution in [0.2, 0.25) is 0 Å². The zero-order chi connectivity index (χ0) is 21.2. The molecule has 0 bridgehead atoms. The van der Waals surface area contributed by atoms with E-state index >= 15 is 0 Å². The number of aromatic nitrogens is 2. The fourth-order valence-corrected chi connectivity index (χ4v) is 4.87. The smallest absolute Gasteiger partial charge is 0.255 e. The molecular weight excluding hydrogens is 394 g/mol.